The highest BCUT2D eigenvalue weighted by Gasteiger charge is 2.41. The van der Waals surface area contributed by atoms with Crippen LogP contribution in [0.5, 0.6) is 0 Å². The van der Waals surface area contributed by atoms with E-state index in [9.17, 15) is 4.79 Å². The van der Waals surface area contributed by atoms with Crippen LogP contribution in [0.2, 0.25) is 0 Å². The predicted molar refractivity (Wildman–Crippen MR) is 140 cm³/mol. The van der Waals surface area contributed by atoms with Crippen molar-refractivity contribution in [3.63, 3.8) is 0 Å². The lowest BCUT2D eigenvalue weighted by atomic mass is 10.0. The molecule has 7 nitrogen and oxygen atoms in total. The fourth-order valence-electron chi connectivity index (χ4n) is 3.19. The highest BCUT2D eigenvalue weighted by Crippen LogP contribution is 2.48. The molecule has 0 aromatic heterocycles. The van der Waals surface area contributed by atoms with E-state index in [4.69, 9.17) is 4.74 Å². The number of aliphatic imine (C=N–C) groups is 1. The molecule has 1 aromatic carbocycles. The van der Waals surface area contributed by atoms with Crippen molar-refractivity contribution >= 4 is 41.5 Å². The molecule has 2 N–H and O–H groups in total. The zero-order valence-corrected chi connectivity index (χ0v) is 21.9. The molecule has 0 heterocycles. The molecule has 1 saturated carbocycles. The minimum absolute atomic E-state index is 0. The van der Waals surface area contributed by atoms with Crippen LogP contribution < -0.4 is 15.5 Å². The first-order valence-corrected chi connectivity index (χ1v) is 11.0. The van der Waals surface area contributed by atoms with Crippen LogP contribution in [0, 0.1) is 5.41 Å². The average Bonchev–Trinajstić information content (AvgIpc) is 3.52. The Kier molecular flexibility index (Phi) is 12.9. The summed E-state index contributed by atoms with van der Waals surface area (Å²) in [5.41, 5.74) is 1.53. The van der Waals surface area contributed by atoms with Crippen molar-refractivity contribution in [1.29, 1.82) is 0 Å². The lowest BCUT2D eigenvalue weighted by Crippen LogP contribution is -2.42. The van der Waals surface area contributed by atoms with E-state index in [-0.39, 0.29) is 36.4 Å². The molecule has 176 valence electrons. The number of hydrogen-bond acceptors (Lipinski definition) is 4. The van der Waals surface area contributed by atoms with Crippen LogP contribution in [-0.2, 0) is 9.53 Å². The fourth-order valence-corrected chi connectivity index (χ4v) is 3.19. The SMILES string of the molecule is CCOCCC1(CNC(=NCC(=O)N(C)C)NCCCN(C)c2ccccc2)CC1.I. The van der Waals surface area contributed by atoms with Crippen LogP contribution in [0.15, 0.2) is 35.3 Å². The molecule has 2 rings (SSSR count). The fraction of sp³-hybridized carbons (Fsp3) is 0.652. The van der Waals surface area contributed by atoms with Gasteiger partial charge in [0, 0.05) is 59.7 Å². The number of carbonyl (C=O) groups is 1. The Balaban J connectivity index is 0.00000480. The van der Waals surface area contributed by atoms with E-state index in [0.717, 1.165) is 51.6 Å². The number of anilines is 1. The molecule has 0 radical (unpaired) electrons. The van der Waals surface area contributed by atoms with Crippen LogP contribution in [0.1, 0.15) is 32.6 Å². The van der Waals surface area contributed by atoms with Gasteiger partial charge in [-0.1, -0.05) is 18.2 Å². The number of hydrogen-bond donors (Lipinski definition) is 2. The number of nitrogens with zero attached hydrogens (tertiary/aromatic N) is 3. The molecule has 0 saturated heterocycles. The van der Waals surface area contributed by atoms with Crippen molar-refractivity contribution in [2.45, 2.75) is 32.6 Å². The maximum absolute atomic E-state index is 12.0. The molecule has 0 atom stereocenters. The summed E-state index contributed by atoms with van der Waals surface area (Å²) in [6.07, 6.45) is 4.49. The van der Waals surface area contributed by atoms with Crippen LogP contribution in [0.3, 0.4) is 0 Å². The molecule has 0 unspecified atom stereocenters. The summed E-state index contributed by atoms with van der Waals surface area (Å²) in [5.74, 6) is 0.715. The highest BCUT2D eigenvalue weighted by atomic mass is 127. The lowest BCUT2D eigenvalue weighted by Gasteiger charge is -2.21. The standard InChI is InChI=1S/C23H39N5O2.HI/c1-5-30-17-14-23(12-13-23)19-26-22(25-18-21(29)27(2)3)24-15-9-16-28(4)20-10-7-6-8-11-20;/h6-8,10-11H,5,9,12-19H2,1-4H3,(H2,24,25,26);1H. The number of ether oxygens (including phenoxy) is 1. The van der Waals surface area contributed by atoms with Crippen molar-refractivity contribution in [1.82, 2.24) is 15.5 Å². The Morgan fingerprint density at radius 1 is 1.16 bits per heavy atom. The molecule has 1 fully saturated rings. The third-order valence-electron chi connectivity index (χ3n) is 5.60. The second kappa shape index (κ2) is 14.5. The Morgan fingerprint density at radius 2 is 1.87 bits per heavy atom. The number of guanidine groups is 1. The van der Waals surface area contributed by atoms with E-state index in [2.05, 4.69) is 51.8 Å². The molecule has 31 heavy (non-hydrogen) atoms. The van der Waals surface area contributed by atoms with Gasteiger partial charge >= 0.3 is 0 Å². The number of likely N-dealkylation sites (N-methyl/N-ethyl adjacent to an activating group) is 1. The molecule has 0 aliphatic heterocycles. The van der Waals surface area contributed by atoms with Crippen molar-refractivity contribution in [3.05, 3.63) is 30.3 Å². The van der Waals surface area contributed by atoms with Gasteiger partial charge in [-0.3, -0.25) is 4.79 Å². The summed E-state index contributed by atoms with van der Waals surface area (Å²) < 4.78 is 5.53. The van der Waals surface area contributed by atoms with Gasteiger partial charge in [0.2, 0.25) is 5.91 Å². The topological polar surface area (TPSA) is 69.2 Å². The van der Waals surface area contributed by atoms with Gasteiger partial charge in [-0.2, -0.15) is 0 Å². The molecule has 8 heteroatoms. The molecule has 1 aliphatic carbocycles. The first kappa shape index (κ1) is 27.5. The maximum atomic E-state index is 12.0. The minimum Gasteiger partial charge on any atom is -0.382 e. The lowest BCUT2D eigenvalue weighted by molar-refractivity contribution is -0.127. The van der Waals surface area contributed by atoms with Gasteiger partial charge in [0.1, 0.15) is 6.54 Å². The van der Waals surface area contributed by atoms with Gasteiger partial charge in [-0.15, -0.1) is 24.0 Å². The van der Waals surface area contributed by atoms with Gasteiger partial charge < -0.3 is 25.2 Å². The first-order valence-electron chi connectivity index (χ1n) is 11.0. The van der Waals surface area contributed by atoms with Crippen LogP contribution in [0.4, 0.5) is 5.69 Å². The van der Waals surface area contributed by atoms with E-state index in [1.807, 2.05) is 13.0 Å². The summed E-state index contributed by atoms with van der Waals surface area (Å²) in [5, 5.41) is 6.86. The van der Waals surface area contributed by atoms with E-state index in [0.29, 0.717) is 5.41 Å². The van der Waals surface area contributed by atoms with Crippen molar-refractivity contribution in [3.8, 4) is 0 Å². The number of carbonyl (C=O) groups excluding carboxylic acids is 1. The van der Waals surface area contributed by atoms with Gasteiger partial charge in [-0.05, 0) is 50.2 Å². The number of benzene rings is 1. The largest absolute Gasteiger partial charge is 0.382 e. The first-order chi connectivity index (χ1) is 14.5. The third kappa shape index (κ3) is 10.5. The Bertz CT molecular complexity index is 665. The molecule has 1 aliphatic rings. The highest BCUT2D eigenvalue weighted by molar-refractivity contribution is 14.0. The average molecular weight is 546 g/mol. The molecule has 1 amide bonds. The number of nitrogens with one attached hydrogen (secondary N) is 2. The van der Waals surface area contributed by atoms with Crippen LogP contribution in [-0.4, -0.2) is 77.3 Å². The Labute approximate surface area is 205 Å². The van der Waals surface area contributed by atoms with E-state index >= 15 is 0 Å². The van der Waals surface area contributed by atoms with Crippen molar-refractivity contribution in [2.24, 2.45) is 10.4 Å². The molecule has 0 spiro atoms. The summed E-state index contributed by atoms with van der Waals surface area (Å²) in [6, 6.07) is 10.4. The van der Waals surface area contributed by atoms with E-state index in [1.54, 1.807) is 19.0 Å². The van der Waals surface area contributed by atoms with Gasteiger partial charge in [0.05, 0.1) is 0 Å². The van der Waals surface area contributed by atoms with E-state index < -0.39 is 0 Å². The number of amides is 1. The Morgan fingerprint density at radius 3 is 2.48 bits per heavy atom. The summed E-state index contributed by atoms with van der Waals surface area (Å²) in [6.45, 7) is 6.36. The monoisotopic (exact) mass is 545 g/mol. The smallest absolute Gasteiger partial charge is 0.243 e. The predicted octanol–water partition coefficient (Wildman–Crippen LogP) is 2.96. The second-order valence-corrected chi connectivity index (χ2v) is 8.29. The minimum atomic E-state index is -0.00241. The molecule has 1 aromatic rings. The summed E-state index contributed by atoms with van der Waals surface area (Å²) in [4.78, 5) is 20.3. The summed E-state index contributed by atoms with van der Waals surface area (Å²) in [7, 11) is 5.61. The van der Waals surface area contributed by atoms with E-state index in [1.165, 1.54) is 18.5 Å². The van der Waals surface area contributed by atoms with Gasteiger partial charge in [0.25, 0.3) is 0 Å². The molecule has 0 bridgehead atoms. The maximum Gasteiger partial charge on any atom is 0.243 e. The Hall–Kier alpha value is -1.55. The second-order valence-electron chi connectivity index (χ2n) is 8.29. The molecular weight excluding hydrogens is 505 g/mol. The quantitative estimate of drug-likeness (QED) is 0.173. The van der Waals surface area contributed by atoms with Crippen LogP contribution >= 0.6 is 24.0 Å². The third-order valence-corrected chi connectivity index (χ3v) is 5.60. The molecular formula is C23H40IN5O2. The number of halogens is 1. The number of para-hydroxylation sites is 1. The summed E-state index contributed by atoms with van der Waals surface area (Å²) >= 11 is 0. The zero-order valence-electron chi connectivity index (χ0n) is 19.5. The van der Waals surface area contributed by atoms with Gasteiger partial charge in [-0.25, -0.2) is 4.99 Å². The van der Waals surface area contributed by atoms with Crippen LogP contribution in [0.25, 0.3) is 0 Å². The van der Waals surface area contributed by atoms with Crippen molar-refractivity contribution in [2.75, 3.05) is 65.4 Å². The normalized spacial score (nSPS) is 14.4. The van der Waals surface area contributed by atoms with Crippen molar-refractivity contribution < 1.29 is 9.53 Å². The number of rotatable bonds is 13. The zero-order chi connectivity index (χ0) is 21.8. The van der Waals surface area contributed by atoms with Gasteiger partial charge in [0.15, 0.2) is 5.96 Å².